The quantitative estimate of drug-likeness (QED) is 0.347. The minimum Gasteiger partial charge on any atom is -0.394 e. The van der Waals surface area contributed by atoms with Gasteiger partial charge in [-0.2, -0.15) is 0 Å². The molecule has 4 aromatic rings. The topological polar surface area (TPSA) is 101 Å². The van der Waals surface area contributed by atoms with Crippen LogP contribution in [0.3, 0.4) is 0 Å². The molecule has 10 heteroatoms. The van der Waals surface area contributed by atoms with E-state index < -0.39 is 0 Å². The van der Waals surface area contributed by atoms with Gasteiger partial charge in [0.2, 0.25) is 5.95 Å². The maximum atomic E-state index is 12.4. The van der Waals surface area contributed by atoms with Gasteiger partial charge in [0.05, 0.1) is 40.6 Å². The van der Waals surface area contributed by atoms with Crippen LogP contribution in [0.5, 0.6) is 0 Å². The Morgan fingerprint density at radius 1 is 1.26 bits per heavy atom. The summed E-state index contributed by atoms with van der Waals surface area (Å²) < 4.78 is 8.26. The monoisotopic (exact) mass is 459 g/mol. The van der Waals surface area contributed by atoms with Gasteiger partial charge >= 0.3 is 0 Å². The van der Waals surface area contributed by atoms with Crippen LogP contribution in [0.2, 0.25) is 5.02 Å². The van der Waals surface area contributed by atoms with Crippen LogP contribution in [0.4, 0.5) is 11.1 Å². The number of nitrogens with zero attached hydrogens (tertiary/aromatic N) is 3. The molecular weight excluding hydrogens is 438 g/mol. The lowest BCUT2D eigenvalue weighted by atomic mass is 10.2. The predicted octanol–water partition coefficient (Wildman–Crippen LogP) is 3.71. The van der Waals surface area contributed by atoms with Gasteiger partial charge in [-0.05, 0) is 43.3 Å². The van der Waals surface area contributed by atoms with Crippen molar-refractivity contribution in [3.63, 3.8) is 0 Å². The molecule has 162 valence electrons. The normalized spacial score (nSPS) is 12.4. The second kappa shape index (κ2) is 9.19. The van der Waals surface area contributed by atoms with Crippen molar-refractivity contribution in [2.24, 2.45) is 7.05 Å². The minimum absolute atomic E-state index is 0.0502. The molecule has 1 atom stereocenters. The van der Waals surface area contributed by atoms with E-state index >= 15 is 0 Å². The Morgan fingerprint density at radius 2 is 2.10 bits per heavy atom. The fourth-order valence-electron chi connectivity index (χ4n) is 3.08. The van der Waals surface area contributed by atoms with Crippen molar-refractivity contribution in [3.05, 3.63) is 47.0 Å². The lowest BCUT2D eigenvalue weighted by Gasteiger charge is -2.10. The molecule has 31 heavy (non-hydrogen) atoms. The van der Waals surface area contributed by atoms with Crippen LogP contribution in [-0.4, -0.2) is 51.4 Å². The number of aliphatic hydroxyl groups excluding tert-OH is 1. The largest absolute Gasteiger partial charge is 0.394 e. The molecule has 0 unspecified atom stereocenters. The number of aryl methyl sites for hydroxylation is 1. The maximum Gasteiger partial charge on any atom is 0.251 e. The number of amides is 1. The zero-order valence-corrected chi connectivity index (χ0v) is 18.6. The number of aromatic nitrogens is 3. The van der Waals surface area contributed by atoms with Gasteiger partial charge in [0.1, 0.15) is 0 Å². The van der Waals surface area contributed by atoms with Crippen LogP contribution < -0.4 is 10.6 Å². The van der Waals surface area contributed by atoms with E-state index in [0.29, 0.717) is 40.3 Å². The molecule has 3 N–H and O–H groups in total. The fourth-order valence-corrected chi connectivity index (χ4v) is 4.22. The van der Waals surface area contributed by atoms with E-state index in [2.05, 4.69) is 20.6 Å². The van der Waals surface area contributed by atoms with Crippen molar-refractivity contribution in [3.8, 4) is 0 Å². The number of carbonyl (C=O) groups is 1. The standard InChI is InChI=1S/C21H22ClN5O3S/c1-12(11-28)30-8-7-23-19(29)13-3-6-17-16(9-13)24-20(27(17)2)26-21-25-15-5-4-14(22)10-18(15)31-21/h3-6,9-10,12,28H,7-8,11H2,1-2H3,(H,23,29)(H,24,25,26)/t12-/m1/s1. The molecule has 0 aliphatic carbocycles. The molecule has 2 aromatic heterocycles. The number of carbonyl (C=O) groups excluding carboxylic acids is 1. The fraction of sp³-hybridized carbons (Fsp3) is 0.286. The zero-order valence-electron chi connectivity index (χ0n) is 17.1. The number of aliphatic hydroxyl groups is 1. The summed E-state index contributed by atoms with van der Waals surface area (Å²) in [6.45, 7) is 2.41. The molecule has 0 bridgehead atoms. The number of halogens is 1. The lowest BCUT2D eigenvalue weighted by Crippen LogP contribution is -2.28. The lowest BCUT2D eigenvalue weighted by molar-refractivity contribution is 0.0265. The van der Waals surface area contributed by atoms with Crippen molar-refractivity contribution in [2.75, 3.05) is 25.1 Å². The van der Waals surface area contributed by atoms with Gasteiger partial charge in [-0.3, -0.25) is 4.79 Å². The first-order valence-corrected chi connectivity index (χ1v) is 10.9. The van der Waals surface area contributed by atoms with Crippen molar-refractivity contribution in [1.29, 1.82) is 0 Å². The van der Waals surface area contributed by atoms with Crippen molar-refractivity contribution < 1.29 is 14.6 Å². The smallest absolute Gasteiger partial charge is 0.251 e. The number of rotatable bonds is 8. The molecule has 0 saturated heterocycles. The Morgan fingerprint density at radius 3 is 2.90 bits per heavy atom. The number of hydrogen-bond donors (Lipinski definition) is 3. The molecule has 0 fully saturated rings. The third kappa shape index (κ3) is 4.80. The van der Waals surface area contributed by atoms with Crippen LogP contribution in [-0.2, 0) is 11.8 Å². The Labute approximate surface area is 187 Å². The molecule has 8 nitrogen and oxygen atoms in total. The second-order valence-electron chi connectivity index (χ2n) is 7.07. The maximum absolute atomic E-state index is 12.4. The van der Waals surface area contributed by atoms with Gasteiger partial charge in [0.15, 0.2) is 5.13 Å². The molecule has 0 saturated carbocycles. The van der Waals surface area contributed by atoms with Gasteiger partial charge in [0, 0.05) is 24.2 Å². The SMILES string of the molecule is C[C@H](CO)OCCNC(=O)c1ccc2c(c1)nc(Nc1nc3ccc(Cl)cc3s1)n2C. The van der Waals surface area contributed by atoms with Gasteiger partial charge < -0.3 is 25.0 Å². The van der Waals surface area contributed by atoms with Crippen LogP contribution >= 0.6 is 22.9 Å². The number of benzene rings is 2. The highest BCUT2D eigenvalue weighted by Gasteiger charge is 2.13. The number of ether oxygens (including phenoxy) is 1. The van der Waals surface area contributed by atoms with Gasteiger partial charge in [-0.25, -0.2) is 9.97 Å². The first-order valence-electron chi connectivity index (χ1n) is 9.75. The summed E-state index contributed by atoms with van der Waals surface area (Å²) in [5.41, 5.74) is 2.98. The minimum atomic E-state index is -0.250. The van der Waals surface area contributed by atoms with Crippen molar-refractivity contribution in [1.82, 2.24) is 19.9 Å². The number of nitrogens with one attached hydrogen (secondary N) is 2. The third-order valence-corrected chi connectivity index (χ3v) is 5.93. The summed E-state index contributed by atoms with van der Waals surface area (Å²) in [5, 5.41) is 16.4. The highest BCUT2D eigenvalue weighted by atomic mass is 35.5. The molecule has 4 rings (SSSR count). The van der Waals surface area contributed by atoms with E-state index in [-0.39, 0.29) is 18.6 Å². The summed E-state index contributed by atoms with van der Waals surface area (Å²) in [6.07, 6.45) is -0.250. The molecular formula is C21H22ClN5O3S. The molecule has 0 spiro atoms. The van der Waals surface area contributed by atoms with Crippen molar-refractivity contribution in [2.45, 2.75) is 13.0 Å². The highest BCUT2D eigenvalue weighted by Crippen LogP contribution is 2.31. The molecule has 1 amide bonds. The average molecular weight is 460 g/mol. The van der Waals surface area contributed by atoms with Gasteiger partial charge in [-0.1, -0.05) is 22.9 Å². The molecule has 0 aliphatic heterocycles. The van der Waals surface area contributed by atoms with Crippen LogP contribution in [0.25, 0.3) is 21.3 Å². The van der Waals surface area contributed by atoms with E-state index in [1.54, 1.807) is 19.1 Å². The van der Waals surface area contributed by atoms with Crippen molar-refractivity contribution >= 4 is 61.2 Å². The number of fused-ring (bicyclic) bond motifs is 2. The summed E-state index contributed by atoms with van der Waals surface area (Å²) in [6, 6.07) is 11.0. The highest BCUT2D eigenvalue weighted by molar-refractivity contribution is 7.22. The van der Waals surface area contributed by atoms with E-state index in [0.717, 1.165) is 15.7 Å². The molecule has 2 aromatic carbocycles. The summed E-state index contributed by atoms with van der Waals surface area (Å²) in [4.78, 5) is 21.6. The van der Waals surface area contributed by atoms with E-state index in [4.69, 9.17) is 21.4 Å². The number of thiazole rings is 1. The van der Waals surface area contributed by atoms with Crippen LogP contribution in [0, 0.1) is 0 Å². The summed E-state index contributed by atoms with van der Waals surface area (Å²) in [5.74, 6) is 0.425. The Kier molecular flexibility index (Phi) is 6.38. The zero-order chi connectivity index (χ0) is 22.0. The Balaban J connectivity index is 1.48. The number of hydrogen-bond acceptors (Lipinski definition) is 7. The van der Waals surface area contributed by atoms with Gasteiger partial charge in [-0.15, -0.1) is 0 Å². The van der Waals surface area contributed by atoms with Crippen LogP contribution in [0.1, 0.15) is 17.3 Å². The van der Waals surface area contributed by atoms with Crippen LogP contribution in [0.15, 0.2) is 36.4 Å². The molecule has 2 heterocycles. The summed E-state index contributed by atoms with van der Waals surface area (Å²) >= 11 is 7.56. The Hall–Kier alpha value is -2.72. The Bertz CT molecular complexity index is 1240. The second-order valence-corrected chi connectivity index (χ2v) is 8.54. The van der Waals surface area contributed by atoms with E-state index in [1.807, 2.05) is 35.9 Å². The van der Waals surface area contributed by atoms with E-state index in [9.17, 15) is 4.79 Å². The molecule has 0 radical (unpaired) electrons. The number of anilines is 2. The number of imidazole rings is 1. The third-order valence-electron chi connectivity index (χ3n) is 4.76. The summed E-state index contributed by atoms with van der Waals surface area (Å²) in [7, 11) is 1.90. The van der Waals surface area contributed by atoms with Gasteiger partial charge in [0.25, 0.3) is 5.91 Å². The first-order chi connectivity index (χ1) is 14.9. The van der Waals surface area contributed by atoms with E-state index in [1.165, 1.54) is 11.3 Å². The molecule has 0 aliphatic rings. The average Bonchev–Trinajstić information content (AvgIpc) is 3.30. The predicted molar refractivity (Wildman–Crippen MR) is 123 cm³/mol. The first kappa shape index (κ1) is 21.5.